The molecule has 2 amide bonds. The van der Waals surface area contributed by atoms with Gasteiger partial charge in [0.1, 0.15) is 12.9 Å². The van der Waals surface area contributed by atoms with Crippen LogP contribution < -0.4 is 5.48 Å². The van der Waals surface area contributed by atoms with Gasteiger partial charge in [-0.3, -0.25) is 4.79 Å². The van der Waals surface area contributed by atoms with Gasteiger partial charge in [-0.15, -0.1) is 4.84 Å². The second-order valence-electron chi connectivity index (χ2n) is 5.29. The number of aldehydes is 1. The van der Waals surface area contributed by atoms with Crippen LogP contribution in [0.4, 0.5) is 0 Å². The molecule has 0 saturated carbocycles. The van der Waals surface area contributed by atoms with Crippen LogP contribution in [-0.4, -0.2) is 74.6 Å². The lowest BCUT2D eigenvalue weighted by Gasteiger charge is -2.06. The van der Waals surface area contributed by atoms with Crippen LogP contribution in [0.15, 0.2) is 0 Å². The van der Waals surface area contributed by atoms with E-state index < -0.39 is 37.0 Å². The highest BCUT2D eigenvalue weighted by molar-refractivity contribution is 5.79. The van der Waals surface area contributed by atoms with Gasteiger partial charge in [0.2, 0.25) is 0 Å². The van der Waals surface area contributed by atoms with Crippen LogP contribution in [0.1, 0.15) is 32.6 Å². The average molecular weight is 421 g/mol. The first-order chi connectivity index (χ1) is 13.9. The van der Waals surface area contributed by atoms with E-state index in [1.165, 1.54) is 0 Å². The molecule has 0 fully saturated rings. The van der Waals surface area contributed by atoms with Gasteiger partial charge in [-0.1, -0.05) is 6.92 Å². The van der Waals surface area contributed by atoms with Crippen molar-refractivity contribution in [2.24, 2.45) is 0 Å². The summed E-state index contributed by atoms with van der Waals surface area (Å²) in [7, 11) is 0. The highest BCUT2D eigenvalue weighted by atomic mass is 16.8. The zero-order valence-corrected chi connectivity index (χ0v) is 16.1. The maximum Gasteiger partial charge on any atom is 0.491 e. The summed E-state index contributed by atoms with van der Waals surface area (Å²) in [4.78, 5) is 74.1. The Morgan fingerprint density at radius 2 is 1.48 bits per heavy atom. The SMILES string of the molecule is CCCC(=O)[N+](=O)OC(=O)COCCOCCOCC(=O)ONC(=O)CCC=O. The number of hydrogen-bond acceptors (Lipinski definition) is 11. The lowest BCUT2D eigenvalue weighted by Crippen LogP contribution is -2.29. The van der Waals surface area contributed by atoms with Crippen molar-refractivity contribution in [2.75, 3.05) is 39.6 Å². The minimum Gasteiger partial charge on any atom is -0.377 e. The van der Waals surface area contributed by atoms with Gasteiger partial charge in [0.25, 0.3) is 5.91 Å². The summed E-state index contributed by atoms with van der Waals surface area (Å²) in [5, 5.41) is 0. The Morgan fingerprint density at radius 3 is 2.07 bits per heavy atom. The predicted octanol–water partition coefficient (Wildman–Crippen LogP) is -0.846. The quantitative estimate of drug-likeness (QED) is 0.199. The van der Waals surface area contributed by atoms with Gasteiger partial charge in [-0.05, 0) is 6.42 Å². The second-order valence-corrected chi connectivity index (χ2v) is 5.29. The number of nitrogens with zero attached hydrogens (tertiary/aromatic N) is 1. The van der Waals surface area contributed by atoms with Crippen molar-refractivity contribution in [3.05, 3.63) is 4.91 Å². The molecule has 0 aromatic heterocycles. The van der Waals surface area contributed by atoms with Gasteiger partial charge in [-0.2, -0.15) is 5.48 Å². The lowest BCUT2D eigenvalue weighted by molar-refractivity contribution is -0.709. The van der Waals surface area contributed by atoms with Crippen LogP contribution in [0.2, 0.25) is 0 Å². The van der Waals surface area contributed by atoms with Gasteiger partial charge < -0.3 is 23.8 Å². The fourth-order valence-corrected chi connectivity index (χ4v) is 1.51. The Bertz CT molecular complexity index is 565. The zero-order valence-electron chi connectivity index (χ0n) is 16.1. The summed E-state index contributed by atoms with van der Waals surface area (Å²) in [5.41, 5.74) is 1.87. The summed E-state index contributed by atoms with van der Waals surface area (Å²) in [6, 6.07) is 0. The number of carbonyl (C=O) groups is 5. The highest BCUT2D eigenvalue weighted by Gasteiger charge is 2.27. The van der Waals surface area contributed by atoms with E-state index in [1.54, 1.807) is 6.92 Å². The third-order valence-electron chi connectivity index (χ3n) is 2.80. The molecule has 13 heteroatoms. The van der Waals surface area contributed by atoms with Crippen molar-refractivity contribution < 1.29 is 52.8 Å². The number of hydroxylamine groups is 1. The van der Waals surface area contributed by atoms with E-state index >= 15 is 0 Å². The van der Waals surface area contributed by atoms with Crippen LogP contribution in [0.25, 0.3) is 0 Å². The molecule has 0 rings (SSSR count). The number of nitrogens with one attached hydrogen (secondary N) is 1. The van der Waals surface area contributed by atoms with Crippen LogP contribution in [0.3, 0.4) is 0 Å². The number of ether oxygens (including phenoxy) is 3. The number of amides is 2. The zero-order chi connectivity index (χ0) is 21.9. The van der Waals surface area contributed by atoms with Crippen molar-refractivity contribution in [3.8, 4) is 0 Å². The molecule has 0 spiro atoms. The van der Waals surface area contributed by atoms with Gasteiger partial charge in [-0.25, -0.2) is 14.4 Å². The molecule has 0 atom stereocenters. The Labute approximate surface area is 166 Å². The molecule has 0 bridgehead atoms. The normalized spacial score (nSPS) is 10.1. The van der Waals surface area contributed by atoms with Crippen LogP contribution in [0.5, 0.6) is 0 Å². The molecule has 0 unspecified atom stereocenters. The lowest BCUT2D eigenvalue weighted by atomic mass is 10.3. The number of carbonyl (C=O) groups excluding carboxylic acids is 5. The van der Waals surface area contributed by atoms with Crippen molar-refractivity contribution in [2.45, 2.75) is 32.6 Å². The summed E-state index contributed by atoms with van der Waals surface area (Å²) in [6.07, 6.45) is 0.932. The molecule has 1 N–H and O–H groups in total. The summed E-state index contributed by atoms with van der Waals surface area (Å²) in [5.74, 6) is -3.29. The molecule has 0 radical (unpaired) electrons. The van der Waals surface area contributed by atoms with Gasteiger partial charge >= 0.3 is 22.8 Å². The third kappa shape index (κ3) is 15.9. The monoisotopic (exact) mass is 421 g/mol. The molecular weight excluding hydrogens is 396 g/mol. The first-order valence-corrected chi connectivity index (χ1v) is 8.76. The maximum absolute atomic E-state index is 11.3. The minimum absolute atomic E-state index is 0.0196. The molecule has 0 aliphatic rings. The fourth-order valence-electron chi connectivity index (χ4n) is 1.51. The Kier molecular flexibility index (Phi) is 15.7. The summed E-state index contributed by atoms with van der Waals surface area (Å²) in [6.45, 7) is 1.06. The fraction of sp³-hybridized carbons (Fsp3) is 0.688. The van der Waals surface area contributed by atoms with Crippen LogP contribution in [-0.2, 0) is 47.9 Å². The van der Waals surface area contributed by atoms with E-state index in [4.69, 9.17) is 14.2 Å². The molecule has 29 heavy (non-hydrogen) atoms. The summed E-state index contributed by atoms with van der Waals surface area (Å²) < 4.78 is 15.0. The van der Waals surface area contributed by atoms with Gasteiger partial charge in [0.15, 0.2) is 6.61 Å². The third-order valence-corrected chi connectivity index (χ3v) is 2.80. The van der Waals surface area contributed by atoms with E-state index in [0.717, 1.165) is 0 Å². The van der Waals surface area contributed by atoms with Crippen LogP contribution in [0, 0.1) is 4.91 Å². The Morgan fingerprint density at radius 1 is 0.897 bits per heavy atom. The molecule has 0 aromatic carbocycles. The molecule has 0 aliphatic heterocycles. The highest BCUT2D eigenvalue weighted by Crippen LogP contribution is 1.93. The van der Waals surface area contributed by atoms with E-state index in [1.807, 2.05) is 5.48 Å². The molecule has 0 heterocycles. The molecule has 13 nitrogen and oxygen atoms in total. The van der Waals surface area contributed by atoms with E-state index in [-0.39, 0.29) is 50.6 Å². The van der Waals surface area contributed by atoms with Gasteiger partial charge in [0.05, 0.1) is 37.8 Å². The van der Waals surface area contributed by atoms with Gasteiger partial charge in [0, 0.05) is 12.8 Å². The molecule has 0 aliphatic carbocycles. The van der Waals surface area contributed by atoms with Crippen molar-refractivity contribution in [1.82, 2.24) is 5.48 Å². The maximum atomic E-state index is 11.3. The van der Waals surface area contributed by atoms with E-state index in [0.29, 0.717) is 12.7 Å². The van der Waals surface area contributed by atoms with Crippen molar-refractivity contribution >= 4 is 30.0 Å². The number of hydrogen-bond donors (Lipinski definition) is 1. The largest absolute Gasteiger partial charge is 0.491 e. The molecular formula is C16H25N2O11+. The number of rotatable bonds is 15. The summed E-state index contributed by atoms with van der Waals surface area (Å²) >= 11 is 0. The minimum atomic E-state index is -1.01. The van der Waals surface area contributed by atoms with Crippen LogP contribution >= 0.6 is 0 Å². The van der Waals surface area contributed by atoms with Crippen molar-refractivity contribution in [1.29, 1.82) is 0 Å². The van der Waals surface area contributed by atoms with E-state index in [9.17, 15) is 28.9 Å². The first-order valence-electron chi connectivity index (χ1n) is 8.76. The second kappa shape index (κ2) is 17.3. The molecule has 164 valence electrons. The first kappa shape index (κ1) is 26.2. The molecule has 0 aromatic rings. The average Bonchev–Trinajstić information content (AvgIpc) is 2.69. The Balaban J connectivity index is 3.53. The Hall–Kier alpha value is -2.77. The predicted molar refractivity (Wildman–Crippen MR) is 91.6 cm³/mol. The van der Waals surface area contributed by atoms with E-state index in [2.05, 4.69) is 9.68 Å². The smallest absolute Gasteiger partial charge is 0.377 e. The van der Waals surface area contributed by atoms with Crippen molar-refractivity contribution in [3.63, 3.8) is 0 Å². The topological polar surface area (TPSA) is 164 Å². The molecule has 0 saturated heterocycles. The standard InChI is InChI=1S/C16H24N2O11/c1-2-4-14(21)18(24)29-16(23)12-27-10-8-25-7-9-26-11-15(22)28-17-13(20)5-3-6-19/h6H,2-5,7-12H2,1H3/p+1.